The van der Waals surface area contributed by atoms with E-state index in [-0.39, 0.29) is 6.61 Å². The summed E-state index contributed by atoms with van der Waals surface area (Å²) in [5, 5.41) is 13.2. The quantitative estimate of drug-likeness (QED) is 0.339. The van der Waals surface area contributed by atoms with E-state index in [0.29, 0.717) is 37.1 Å². The Hall–Kier alpha value is -3.78. The van der Waals surface area contributed by atoms with Crippen molar-refractivity contribution in [3.8, 4) is 0 Å². The van der Waals surface area contributed by atoms with Crippen molar-refractivity contribution in [2.24, 2.45) is 0 Å². The van der Waals surface area contributed by atoms with Crippen LogP contribution in [-0.2, 0) is 22.7 Å². The van der Waals surface area contributed by atoms with Gasteiger partial charge < -0.3 is 14.2 Å². The SMILES string of the molecule is CCn1cc(/C(=C\c2cn(CCCO)c3ncccc23)C(=O)NC=O)c2cccnc21. The third kappa shape index (κ3) is 3.85. The summed E-state index contributed by atoms with van der Waals surface area (Å²) >= 11 is 0. The molecule has 0 saturated heterocycles. The standard InChI is InChI=1S/C23H23N5O3/c1-2-27-14-20(18-7-4-9-25-22(18)27)19(23(31)26-15-30)12-16-13-28(10-5-11-29)21-17(16)6-3-8-24-21/h3-4,6-9,12-15,29H,2,5,10-11H2,1H3,(H,26,30,31)/b19-12+. The third-order valence-corrected chi connectivity index (χ3v) is 5.22. The molecule has 0 radical (unpaired) electrons. The summed E-state index contributed by atoms with van der Waals surface area (Å²) in [4.78, 5) is 32.9. The lowest BCUT2D eigenvalue weighted by Crippen LogP contribution is -2.22. The van der Waals surface area contributed by atoms with E-state index in [1.807, 2.05) is 52.7 Å². The zero-order valence-electron chi connectivity index (χ0n) is 17.2. The highest BCUT2D eigenvalue weighted by Crippen LogP contribution is 2.30. The second-order valence-corrected chi connectivity index (χ2v) is 7.08. The van der Waals surface area contributed by atoms with Crippen LogP contribution in [0.5, 0.6) is 0 Å². The Balaban J connectivity index is 1.93. The third-order valence-electron chi connectivity index (χ3n) is 5.22. The van der Waals surface area contributed by atoms with E-state index in [1.54, 1.807) is 18.5 Å². The zero-order valence-corrected chi connectivity index (χ0v) is 17.2. The maximum Gasteiger partial charge on any atom is 0.258 e. The summed E-state index contributed by atoms with van der Waals surface area (Å²) in [5.41, 5.74) is 3.41. The fourth-order valence-electron chi connectivity index (χ4n) is 3.81. The molecule has 2 amide bonds. The fourth-order valence-corrected chi connectivity index (χ4v) is 3.81. The summed E-state index contributed by atoms with van der Waals surface area (Å²) in [7, 11) is 0. The van der Waals surface area contributed by atoms with Crippen molar-refractivity contribution in [3.63, 3.8) is 0 Å². The summed E-state index contributed by atoms with van der Waals surface area (Å²) in [5.74, 6) is -0.492. The first-order valence-corrected chi connectivity index (χ1v) is 10.1. The molecule has 0 fully saturated rings. The monoisotopic (exact) mass is 417 g/mol. The van der Waals surface area contributed by atoms with Gasteiger partial charge >= 0.3 is 0 Å². The molecule has 0 bridgehead atoms. The molecule has 4 rings (SSSR count). The smallest absolute Gasteiger partial charge is 0.258 e. The largest absolute Gasteiger partial charge is 0.396 e. The number of aryl methyl sites for hydroxylation is 2. The van der Waals surface area contributed by atoms with Gasteiger partial charge in [0.15, 0.2) is 0 Å². The summed E-state index contributed by atoms with van der Waals surface area (Å²) < 4.78 is 3.93. The average Bonchev–Trinajstić information content (AvgIpc) is 3.34. The van der Waals surface area contributed by atoms with Crippen molar-refractivity contribution in [3.05, 3.63) is 60.2 Å². The van der Waals surface area contributed by atoms with E-state index in [0.717, 1.165) is 27.6 Å². The minimum Gasteiger partial charge on any atom is -0.396 e. The molecule has 8 nitrogen and oxygen atoms in total. The van der Waals surface area contributed by atoms with E-state index in [2.05, 4.69) is 15.3 Å². The number of nitrogens with one attached hydrogen (secondary N) is 1. The first-order valence-electron chi connectivity index (χ1n) is 10.1. The Morgan fingerprint density at radius 1 is 1.10 bits per heavy atom. The van der Waals surface area contributed by atoms with Gasteiger partial charge in [-0.2, -0.15) is 0 Å². The average molecular weight is 417 g/mol. The molecule has 0 unspecified atom stereocenters. The van der Waals surface area contributed by atoms with Gasteiger partial charge in [0.25, 0.3) is 5.91 Å². The number of imide groups is 1. The topological polar surface area (TPSA) is 102 Å². The molecule has 0 spiro atoms. The second-order valence-electron chi connectivity index (χ2n) is 7.08. The number of rotatable bonds is 8. The van der Waals surface area contributed by atoms with Crippen LogP contribution < -0.4 is 5.32 Å². The van der Waals surface area contributed by atoms with E-state index in [4.69, 9.17) is 0 Å². The molecule has 158 valence electrons. The van der Waals surface area contributed by atoms with Crippen molar-refractivity contribution < 1.29 is 14.7 Å². The molecule has 4 heterocycles. The number of amides is 2. The van der Waals surface area contributed by atoms with Gasteiger partial charge in [-0.05, 0) is 43.7 Å². The minimum atomic E-state index is -0.492. The molecule has 0 aliphatic carbocycles. The maximum atomic E-state index is 12.9. The lowest BCUT2D eigenvalue weighted by molar-refractivity contribution is -0.121. The minimum absolute atomic E-state index is 0.0776. The van der Waals surface area contributed by atoms with Gasteiger partial charge in [0.2, 0.25) is 6.41 Å². The lowest BCUT2D eigenvalue weighted by Gasteiger charge is -2.05. The first kappa shape index (κ1) is 20.5. The highest BCUT2D eigenvalue weighted by molar-refractivity contribution is 6.29. The number of aliphatic hydroxyl groups excluding tert-OH is 1. The number of fused-ring (bicyclic) bond motifs is 2. The van der Waals surface area contributed by atoms with Crippen molar-refractivity contribution in [1.82, 2.24) is 24.4 Å². The number of carbonyl (C=O) groups excluding carboxylic acids is 2. The van der Waals surface area contributed by atoms with Gasteiger partial charge in [0, 0.05) is 72.0 Å². The fraction of sp³-hybridized carbons (Fsp3) is 0.217. The van der Waals surface area contributed by atoms with Crippen LogP contribution >= 0.6 is 0 Å². The number of hydrogen-bond donors (Lipinski definition) is 2. The van der Waals surface area contributed by atoms with Crippen LogP contribution in [0.2, 0.25) is 0 Å². The molecule has 0 aliphatic rings. The van der Waals surface area contributed by atoms with Crippen molar-refractivity contribution in [2.45, 2.75) is 26.4 Å². The molecule has 31 heavy (non-hydrogen) atoms. The van der Waals surface area contributed by atoms with Gasteiger partial charge in [-0.15, -0.1) is 0 Å². The van der Waals surface area contributed by atoms with Crippen LogP contribution in [0, 0.1) is 0 Å². The Morgan fingerprint density at radius 3 is 2.48 bits per heavy atom. The van der Waals surface area contributed by atoms with Gasteiger partial charge in [0.1, 0.15) is 11.3 Å². The second kappa shape index (κ2) is 8.93. The highest BCUT2D eigenvalue weighted by Gasteiger charge is 2.19. The van der Waals surface area contributed by atoms with E-state index in [1.165, 1.54) is 0 Å². The lowest BCUT2D eigenvalue weighted by atomic mass is 10.0. The molecule has 0 atom stereocenters. The number of aliphatic hydroxyl groups is 1. The van der Waals surface area contributed by atoms with E-state index in [9.17, 15) is 14.7 Å². The van der Waals surface area contributed by atoms with Crippen LogP contribution in [0.4, 0.5) is 0 Å². The van der Waals surface area contributed by atoms with E-state index >= 15 is 0 Å². The molecule has 0 aliphatic heterocycles. The van der Waals surface area contributed by atoms with Crippen LogP contribution in [0.25, 0.3) is 33.7 Å². The molecule has 2 N–H and O–H groups in total. The molecule has 8 heteroatoms. The molecule has 4 aromatic heterocycles. The molecule has 0 saturated carbocycles. The Morgan fingerprint density at radius 2 is 1.81 bits per heavy atom. The maximum absolute atomic E-state index is 12.9. The zero-order chi connectivity index (χ0) is 21.8. The van der Waals surface area contributed by atoms with Crippen LogP contribution in [0.3, 0.4) is 0 Å². The predicted octanol–water partition coefficient (Wildman–Crippen LogP) is 2.60. The Kier molecular flexibility index (Phi) is 5.90. The van der Waals surface area contributed by atoms with Gasteiger partial charge in [-0.1, -0.05) is 0 Å². The molecule has 4 aromatic rings. The van der Waals surface area contributed by atoms with Gasteiger partial charge in [-0.25, -0.2) is 9.97 Å². The number of nitrogens with zero attached hydrogens (tertiary/aromatic N) is 4. The van der Waals surface area contributed by atoms with Crippen LogP contribution in [0.1, 0.15) is 24.5 Å². The number of hydrogen-bond acceptors (Lipinski definition) is 5. The number of aromatic nitrogens is 4. The molecule has 0 aromatic carbocycles. The summed E-state index contributed by atoms with van der Waals surface area (Å²) in [6.07, 6.45) is 9.99. The summed E-state index contributed by atoms with van der Waals surface area (Å²) in [6, 6.07) is 7.52. The van der Waals surface area contributed by atoms with Crippen LogP contribution in [-0.4, -0.2) is 43.1 Å². The van der Waals surface area contributed by atoms with Crippen molar-refractivity contribution >= 4 is 46.0 Å². The van der Waals surface area contributed by atoms with Crippen molar-refractivity contribution in [1.29, 1.82) is 0 Å². The molecular formula is C23H23N5O3. The number of pyridine rings is 2. The van der Waals surface area contributed by atoms with Gasteiger partial charge in [0.05, 0.1) is 0 Å². The predicted molar refractivity (Wildman–Crippen MR) is 119 cm³/mol. The molecular weight excluding hydrogens is 394 g/mol. The van der Waals surface area contributed by atoms with Crippen LogP contribution in [0.15, 0.2) is 49.1 Å². The first-order chi connectivity index (χ1) is 15.2. The highest BCUT2D eigenvalue weighted by atomic mass is 16.3. The van der Waals surface area contributed by atoms with E-state index < -0.39 is 5.91 Å². The van der Waals surface area contributed by atoms with Crippen molar-refractivity contribution in [2.75, 3.05) is 6.61 Å². The summed E-state index contributed by atoms with van der Waals surface area (Å²) in [6.45, 7) is 3.38. The Bertz CT molecular complexity index is 1290. The number of carbonyl (C=O) groups is 2. The Labute approximate surface area is 178 Å². The van der Waals surface area contributed by atoms with Gasteiger partial charge in [-0.3, -0.25) is 14.9 Å². The normalized spacial score (nSPS) is 11.9.